The largest absolute Gasteiger partial charge is 0.271 e. The fourth-order valence-electron chi connectivity index (χ4n) is 1.78. The van der Waals surface area contributed by atoms with Gasteiger partial charge in [-0.15, -0.1) is 23.1 Å². The van der Waals surface area contributed by atoms with Gasteiger partial charge >= 0.3 is 0 Å². The highest BCUT2D eigenvalue weighted by molar-refractivity contribution is 7.99. The molecule has 0 fully saturated rings. The van der Waals surface area contributed by atoms with Gasteiger partial charge in [0.15, 0.2) is 0 Å². The minimum Gasteiger partial charge on any atom is -0.271 e. The molecule has 0 saturated heterocycles. The van der Waals surface area contributed by atoms with Crippen molar-refractivity contribution >= 4 is 23.1 Å². The van der Waals surface area contributed by atoms with Crippen LogP contribution in [-0.4, -0.2) is 16.8 Å². The molecule has 1 atom stereocenters. The molecule has 0 spiro atoms. The standard InChI is InChI=1S/C14H19N3S2/c1-10-4-3-5-13(6-10)18-9-12(17-15)7-14-16-11(2)8-19-14/h3-6,8,12,17H,7,9,15H2,1-2H3. The lowest BCUT2D eigenvalue weighted by Gasteiger charge is -2.14. The fraction of sp³-hybridized carbons (Fsp3) is 0.357. The van der Waals surface area contributed by atoms with Crippen LogP contribution in [0.2, 0.25) is 0 Å². The Labute approximate surface area is 122 Å². The Kier molecular flexibility index (Phi) is 5.39. The molecular weight excluding hydrogens is 274 g/mol. The van der Waals surface area contributed by atoms with Crippen LogP contribution in [-0.2, 0) is 6.42 Å². The maximum Gasteiger partial charge on any atom is 0.0944 e. The zero-order valence-electron chi connectivity index (χ0n) is 11.2. The van der Waals surface area contributed by atoms with Gasteiger partial charge in [0.2, 0.25) is 0 Å². The topological polar surface area (TPSA) is 50.9 Å². The lowest BCUT2D eigenvalue weighted by Crippen LogP contribution is -2.38. The monoisotopic (exact) mass is 293 g/mol. The van der Waals surface area contributed by atoms with Crippen LogP contribution < -0.4 is 11.3 Å². The number of nitrogens with one attached hydrogen (secondary N) is 1. The molecule has 5 heteroatoms. The summed E-state index contributed by atoms with van der Waals surface area (Å²) in [7, 11) is 0. The molecule has 0 aliphatic carbocycles. The summed E-state index contributed by atoms with van der Waals surface area (Å²) < 4.78 is 0. The molecule has 3 N–H and O–H groups in total. The molecule has 0 aliphatic rings. The third-order valence-electron chi connectivity index (χ3n) is 2.76. The molecule has 1 unspecified atom stereocenters. The van der Waals surface area contributed by atoms with E-state index in [0.29, 0.717) is 0 Å². The van der Waals surface area contributed by atoms with Crippen LogP contribution in [0.25, 0.3) is 0 Å². The SMILES string of the molecule is Cc1cccc(SCC(Cc2nc(C)cs2)NN)c1. The van der Waals surface area contributed by atoms with Crippen LogP contribution in [0.5, 0.6) is 0 Å². The highest BCUT2D eigenvalue weighted by atomic mass is 32.2. The van der Waals surface area contributed by atoms with Crippen molar-refractivity contribution < 1.29 is 0 Å². The molecule has 0 saturated carbocycles. The third-order valence-corrected chi connectivity index (χ3v) is 4.91. The van der Waals surface area contributed by atoms with Gasteiger partial charge in [0, 0.05) is 34.2 Å². The van der Waals surface area contributed by atoms with E-state index in [1.807, 2.05) is 18.7 Å². The molecule has 1 aromatic heterocycles. The Bertz CT molecular complexity index is 525. The van der Waals surface area contributed by atoms with Crippen molar-refractivity contribution in [3.8, 4) is 0 Å². The van der Waals surface area contributed by atoms with Crippen LogP contribution in [0, 0.1) is 13.8 Å². The van der Waals surface area contributed by atoms with Gasteiger partial charge in [0.1, 0.15) is 0 Å². The number of hydrazine groups is 1. The summed E-state index contributed by atoms with van der Waals surface area (Å²) in [6.45, 7) is 4.13. The minimum absolute atomic E-state index is 0.246. The average molecular weight is 293 g/mol. The van der Waals surface area contributed by atoms with E-state index in [1.165, 1.54) is 10.5 Å². The van der Waals surface area contributed by atoms with E-state index < -0.39 is 0 Å². The summed E-state index contributed by atoms with van der Waals surface area (Å²) in [5, 5.41) is 3.22. The molecular formula is C14H19N3S2. The Morgan fingerprint density at radius 3 is 2.89 bits per heavy atom. The Balaban J connectivity index is 1.89. The molecule has 2 rings (SSSR count). The second kappa shape index (κ2) is 7.05. The minimum atomic E-state index is 0.246. The number of hydrogen-bond acceptors (Lipinski definition) is 5. The molecule has 0 radical (unpaired) electrons. The lowest BCUT2D eigenvalue weighted by atomic mass is 10.2. The van der Waals surface area contributed by atoms with E-state index >= 15 is 0 Å². The van der Waals surface area contributed by atoms with E-state index in [2.05, 4.69) is 47.0 Å². The molecule has 102 valence electrons. The molecule has 19 heavy (non-hydrogen) atoms. The van der Waals surface area contributed by atoms with E-state index in [4.69, 9.17) is 5.84 Å². The van der Waals surface area contributed by atoms with Crippen LogP contribution in [0.1, 0.15) is 16.3 Å². The van der Waals surface area contributed by atoms with Crippen molar-refractivity contribution in [2.24, 2.45) is 5.84 Å². The number of nitrogens with zero attached hydrogens (tertiary/aromatic N) is 1. The highest BCUT2D eigenvalue weighted by Gasteiger charge is 2.11. The first kappa shape index (κ1) is 14.5. The van der Waals surface area contributed by atoms with E-state index in [1.54, 1.807) is 11.3 Å². The van der Waals surface area contributed by atoms with Crippen molar-refractivity contribution in [3.05, 3.63) is 45.9 Å². The van der Waals surface area contributed by atoms with Crippen LogP contribution in [0.3, 0.4) is 0 Å². The van der Waals surface area contributed by atoms with Crippen molar-refractivity contribution in [3.63, 3.8) is 0 Å². The van der Waals surface area contributed by atoms with Gasteiger partial charge in [0.25, 0.3) is 0 Å². The summed E-state index contributed by atoms with van der Waals surface area (Å²) in [5.41, 5.74) is 5.27. The summed E-state index contributed by atoms with van der Waals surface area (Å²) >= 11 is 3.53. The van der Waals surface area contributed by atoms with Gasteiger partial charge in [-0.1, -0.05) is 17.7 Å². The number of aromatic nitrogens is 1. The van der Waals surface area contributed by atoms with Gasteiger partial charge in [-0.3, -0.25) is 11.3 Å². The molecule has 0 aliphatic heterocycles. The predicted molar refractivity (Wildman–Crippen MR) is 83.6 cm³/mol. The van der Waals surface area contributed by atoms with Gasteiger partial charge in [-0.2, -0.15) is 0 Å². The Morgan fingerprint density at radius 1 is 1.42 bits per heavy atom. The number of benzene rings is 1. The van der Waals surface area contributed by atoms with E-state index in [0.717, 1.165) is 22.9 Å². The predicted octanol–water partition coefficient (Wildman–Crippen LogP) is 2.93. The molecule has 0 bridgehead atoms. The molecule has 1 heterocycles. The summed E-state index contributed by atoms with van der Waals surface area (Å²) in [6.07, 6.45) is 0.883. The maximum atomic E-state index is 5.63. The zero-order valence-corrected chi connectivity index (χ0v) is 12.9. The first-order chi connectivity index (χ1) is 9.17. The third kappa shape index (κ3) is 4.62. The zero-order chi connectivity index (χ0) is 13.7. The molecule has 3 nitrogen and oxygen atoms in total. The second-order valence-corrected chi connectivity index (χ2v) is 6.61. The first-order valence-electron chi connectivity index (χ1n) is 6.24. The van der Waals surface area contributed by atoms with Crippen molar-refractivity contribution in [2.45, 2.75) is 31.2 Å². The molecule has 1 aromatic carbocycles. The molecule has 2 aromatic rings. The second-order valence-electron chi connectivity index (χ2n) is 4.58. The summed E-state index contributed by atoms with van der Waals surface area (Å²) in [6, 6.07) is 8.79. The van der Waals surface area contributed by atoms with Gasteiger partial charge in [-0.25, -0.2) is 4.98 Å². The average Bonchev–Trinajstić information content (AvgIpc) is 2.80. The van der Waals surface area contributed by atoms with Crippen LogP contribution in [0.4, 0.5) is 0 Å². The first-order valence-corrected chi connectivity index (χ1v) is 8.10. The van der Waals surface area contributed by atoms with E-state index in [9.17, 15) is 0 Å². The number of hydrogen-bond donors (Lipinski definition) is 2. The van der Waals surface area contributed by atoms with Gasteiger partial charge in [-0.05, 0) is 26.0 Å². The number of aryl methyl sites for hydroxylation is 2. The Hall–Kier alpha value is -0.880. The summed E-state index contributed by atoms with van der Waals surface area (Å²) in [5.74, 6) is 6.58. The van der Waals surface area contributed by atoms with Gasteiger partial charge in [0.05, 0.1) is 5.01 Å². The molecule has 0 amide bonds. The number of nitrogens with two attached hydrogens (primary N) is 1. The summed E-state index contributed by atoms with van der Waals surface area (Å²) in [4.78, 5) is 5.77. The fourth-order valence-corrected chi connectivity index (χ4v) is 3.68. The van der Waals surface area contributed by atoms with Gasteiger partial charge < -0.3 is 0 Å². The number of thioether (sulfide) groups is 1. The highest BCUT2D eigenvalue weighted by Crippen LogP contribution is 2.21. The maximum absolute atomic E-state index is 5.63. The van der Waals surface area contributed by atoms with Crippen LogP contribution in [0.15, 0.2) is 34.5 Å². The van der Waals surface area contributed by atoms with Crippen molar-refractivity contribution in [1.29, 1.82) is 0 Å². The lowest BCUT2D eigenvalue weighted by molar-refractivity contribution is 0.574. The van der Waals surface area contributed by atoms with Crippen molar-refractivity contribution in [2.75, 3.05) is 5.75 Å². The quantitative estimate of drug-likeness (QED) is 0.488. The Morgan fingerprint density at radius 2 is 2.26 bits per heavy atom. The van der Waals surface area contributed by atoms with Crippen LogP contribution >= 0.6 is 23.1 Å². The van der Waals surface area contributed by atoms with Crippen molar-refractivity contribution in [1.82, 2.24) is 10.4 Å². The normalized spacial score (nSPS) is 12.6. The number of thiazole rings is 1. The smallest absolute Gasteiger partial charge is 0.0944 e. The number of rotatable bonds is 6. The van der Waals surface area contributed by atoms with E-state index in [-0.39, 0.29) is 6.04 Å².